The standard InChI is InChI=1S/C29H42N2O6/c1-27(2,3)23-18-22(19-24(25(23)32)28(4,5)6)36-17-16-30(26(33)37-29(7,8)9)15-14-20-10-12-21(13-11-20)31(34)35/h10-13,18-19,32H,14-17H2,1-9H3. The number of carbonyl (C=O) groups excluding carboxylic acids is 1. The Labute approximate surface area is 220 Å². The summed E-state index contributed by atoms with van der Waals surface area (Å²) in [5.41, 5.74) is 1.30. The molecule has 0 spiro atoms. The van der Waals surface area contributed by atoms with E-state index in [1.165, 1.54) is 12.1 Å². The lowest BCUT2D eigenvalue weighted by atomic mass is 9.79. The Balaban J connectivity index is 2.19. The molecular formula is C29H42N2O6. The Bertz CT molecular complexity index is 1050. The van der Waals surface area contributed by atoms with Crippen molar-refractivity contribution < 1.29 is 24.3 Å². The van der Waals surface area contributed by atoms with E-state index in [9.17, 15) is 20.0 Å². The molecule has 0 aliphatic rings. The molecular weight excluding hydrogens is 472 g/mol. The van der Waals surface area contributed by atoms with Gasteiger partial charge in [-0.15, -0.1) is 0 Å². The lowest BCUT2D eigenvalue weighted by molar-refractivity contribution is -0.384. The molecule has 8 nitrogen and oxygen atoms in total. The zero-order valence-corrected chi connectivity index (χ0v) is 23.7. The number of ether oxygens (including phenoxy) is 2. The molecule has 0 unspecified atom stereocenters. The highest BCUT2D eigenvalue weighted by atomic mass is 16.6. The van der Waals surface area contributed by atoms with Crippen molar-refractivity contribution in [2.45, 2.75) is 85.2 Å². The quantitative estimate of drug-likeness (QED) is 0.309. The molecule has 0 aliphatic heterocycles. The van der Waals surface area contributed by atoms with Crippen LogP contribution in [0.2, 0.25) is 0 Å². The fourth-order valence-electron chi connectivity index (χ4n) is 3.78. The van der Waals surface area contributed by atoms with E-state index in [1.807, 2.05) is 74.4 Å². The van der Waals surface area contributed by atoms with Gasteiger partial charge >= 0.3 is 6.09 Å². The third-order valence-electron chi connectivity index (χ3n) is 5.80. The molecule has 1 N–H and O–H groups in total. The van der Waals surface area contributed by atoms with Crippen molar-refractivity contribution in [1.82, 2.24) is 4.90 Å². The van der Waals surface area contributed by atoms with Gasteiger partial charge < -0.3 is 19.5 Å². The number of phenols is 1. The Hall–Kier alpha value is -3.29. The smallest absolute Gasteiger partial charge is 0.410 e. The summed E-state index contributed by atoms with van der Waals surface area (Å²) < 4.78 is 11.7. The number of nitro benzene ring substituents is 1. The number of carbonyl (C=O) groups is 1. The maximum absolute atomic E-state index is 12.9. The zero-order chi connectivity index (χ0) is 28.2. The summed E-state index contributed by atoms with van der Waals surface area (Å²) in [6.45, 7) is 18.6. The first-order chi connectivity index (χ1) is 16.9. The van der Waals surface area contributed by atoms with Gasteiger partial charge in [0.2, 0.25) is 0 Å². The molecule has 204 valence electrons. The first-order valence-electron chi connectivity index (χ1n) is 12.6. The highest BCUT2D eigenvalue weighted by Gasteiger charge is 2.27. The Morgan fingerprint density at radius 1 is 0.919 bits per heavy atom. The predicted molar refractivity (Wildman–Crippen MR) is 146 cm³/mol. The normalized spacial score (nSPS) is 12.2. The molecule has 0 saturated heterocycles. The molecule has 0 aliphatic carbocycles. The minimum Gasteiger partial charge on any atom is -0.507 e. The van der Waals surface area contributed by atoms with Crippen LogP contribution in [0.25, 0.3) is 0 Å². The van der Waals surface area contributed by atoms with Crippen LogP contribution in [0.5, 0.6) is 11.5 Å². The van der Waals surface area contributed by atoms with Gasteiger partial charge in [0.1, 0.15) is 23.7 Å². The average Bonchev–Trinajstić information content (AvgIpc) is 2.74. The second-order valence-electron chi connectivity index (χ2n) is 12.4. The van der Waals surface area contributed by atoms with E-state index in [1.54, 1.807) is 17.0 Å². The van der Waals surface area contributed by atoms with Crippen LogP contribution in [0.15, 0.2) is 36.4 Å². The van der Waals surface area contributed by atoms with Crippen LogP contribution in [0.1, 0.15) is 79.0 Å². The van der Waals surface area contributed by atoms with Crippen LogP contribution in [0.4, 0.5) is 10.5 Å². The monoisotopic (exact) mass is 514 g/mol. The number of amides is 1. The number of rotatable bonds is 8. The second kappa shape index (κ2) is 11.4. The minimum atomic E-state index is -0.649. The van der Waals surface area contributed by atoms with Gasteiger partial charge in [-0.1, -0.05) is 53.7 Å². The van der Waals surface area contributed by atoms with Crippen molar-refractivity contribution in [1.29, 1.82) is 0 Å². The predicted octanol–water partition coefficient (Wildman–Crippen LogP) is 6.75. The van der Waals surface area contributed by atoms with Crippen molar-refractivity contribution in [2.24, 2.45) is 0 Å². The van der Waals surface area contributed by atoms with Gasteiger partial charge in [-0.05, 0) is 55.7 Å². The number of phenolic OH excluding ortho intramolecular Hbond substituents is 1. The van der Waals surface area contributed by atoms with Gasteiger partial charge in [0.15, 0.2) is 0 Å². The SMILES string of the molecule is CC(C)(C)OC(=O)N(CCOc1cc(C(C)(C)C)c(O)c(C(C)(C)C)c1)CCc1ccc([N+](=O)[O-])cc1. The van der Waals surface area contributed by atoms with E-state index < -0.39 is 16.6 Å². The van der Waals surface area contributed by atoms with Gasteiger partial charge in [0, 0.05) is 29.8 Å². The maximum Gasteiger partial charge on any atom is 0.410 e. The van der Waals surface area contributed by atoms with Crippen LogP contribution in [0, 0.1) is 10.1 Å². The Morgan fingerprint density at radius 3 is 1.86 bits per heavy atom. The van der Waals surface area contributed by atoms with Crippen LogP contribution in [-0.2, 0) is 22.0 Å². The average molecular weight is 515 g/mol. The third-order valence-corrected chi connectivity index (χ3v) is 5.80. The molecule has 1 amide bonds. The van der Waals surface area contributed by atoms with E-state index in [4.69, 9.17) is 9.47 Å². The van der Waals surface area contributed by atoms with Crippen molar-refractivity contribution >= 4 is 11.8 Å². The summed E-state index contributed by atoms with van der Waals surface area (Å²) in [5.74, 6) is 0.915. The maximum atomic E-state index is 12.9. The highest BCUT2D eigenvalue weighted by molar-refractivity contribution is 5.68. The minimum absolute atomic E-state index is 0.0271. The molecule has 0 atom stereocenters. The number of nitrogens with zero attached hydrogens (tertiary/aromatic N) is 2. The molecule has 0 bridgehead atoms. The van der Waals surface area contributed by atoms with Crippen LogP contribution >= 0.6 is 0 Å². The number of aromatic hydroxyl groups is 1. The van der Waals surface area contributed by atoms with Crippen molar-refractivity contribution in [3.8, 4) is 11.5 Å². The van der Waals surface area contributed by atoms with E-state index in [2.05, 4.69) is 0 Å². The van der Waals surface area contributed by atoms with E-state index in [0.29, 0.717) is 25.3 Å². The van der Waals surface area contributed by atoms with Gasteiger partial charge in [0.25, 0.3) is 5.69 Å². The molecule has 2 aromatic carbocycles. The van der Waals surface area contributed by atoms with Gasteiger partial charge in [-0.25, -0.2) is 4.79 Å². The van der Waals surface area contributed by atoms with Crippen molar-refractivity contribution in [3.05, 3.63) is 63.2 Å². The van der Waals surface area contributed by atoms with Gasteiger partial charge in [-0.2, -0.15) is 0 Å². The second-order valence-corrected chi connectivity index (χ2v) is 12.4. The number of hydrogen-bond acceptors (Lipinski definition) is 6. The number of non-ortho nitro benzene ring substituents is 1. The first kappa shape index (κ1) is 29.9. The van der Waals surface area contributed by atoms with Crippen molar-refractivity contribution in [3.63, 3.8) is 0 Å². The molecule has 2 rings (SSSR count). The lowest BCUT2D eigenvalue weighted by Crippen LogP contribution is -2.40. The molecule has 0 fully saturated rings. The molecule has 2 aromatic rings. The fourth-order valence-corrected chi connectivity index (χ4v) is 3.78. The van der Waals surface area contributed by atoms with E-state index >= 15 is 0 Å². The first-order valence-corrected chi connectivity index (χ1v) is 12.6. The number of benzene rings is 2. The lowest BCUT2D eigenvalue weighted by Gasteiger charge is -2.29. The molecule has 37 heavy (non-hydrogen) atoms. The fraction of sp³-hybridized carbons (Fsp3) is 0.552. The summed E-state index contributed by atoms with van der Waals surface area (Å²) in [5, 5.41) is 21.9. The summed E-state index contributed by atoms with van der Waals surface area (Å²) in [4.78, 5) is 25.0. The number of hydrogen-bond donors (Lipinski definition) is 1. The molecule has 8 heteroatoms. The topological polar surface area (TPSA) is 102 Å². The molecule has 0 aromatic heterocycles. The van der Waals surface area contributed by atoms with Crippen LogP contribution in [-0.4, -0.2) is 46.3 Å². The van der Waals surface area contributed by atoms with E-state index in [-0.39, 0.29) is 28.9 Å². The Kier molecular flexibility index (Phi) is 9.23. The summed E-state index contributed by atoms with van der Waals surface area (Å²) in [6, 6.07) is 10.0. The largest absolute Gasteiger partial charge is 0.507 e. The highest BCUT2D eigenvalue weighted by Crippen LogP contribution is 2.41. The molecule has 0 saturated carbocycles. The van der Waals surface area contributed by atoms with Crippen molar-refractivity contribution in [2.75, 3.05) is 19.7 Å². The van der Waals surface area contributed by atoms with Gasteiger partial charge in [0.05, 0.1) is 11.5 Å². The molecule has 0 heterocycles. The van der Waals surface area contributed by atoms with Crippen LogP contribution < -0.4 is 4.74 Å². The Morgan fingerprint density at radius 2 is 1.43 bits per heavy atom. The van der Waals surface area contributed by atoms with E-state index in [0.717, 1.165) is 16.7 Å². The zero-order valence-electron chi connectivity index (χ0n) is 23.7. The third kappa shape index (κ3) is 8.95. The summed E-state index contributed by atoms with van der Waals surface area (Å²) in [7, 11) is 0. The summed E-state index contributed by atoms with van der Waals surface area (Å²) in [6.07, 6.45) is 0.0631. The van der Waals surface area contributed by atoms with Gasteiger partial charge in [-0.3, -0.25) is 10.1 Å². The van der Waals surface area contributed by atoms with Crippen LogP contribution in [0.3, 0.4) is 0 Å². The molecule has 0 radical (unpaired) electrons. The summed E-state index contributed by atoms with van der Waals surface area (Å²) >= 11 is 0. The number of nitro groups is 1.